The minimum atomic E-state index is -0.163. The number of nitrogens with zero attached hydrogens (tertiary/aromatic N) is 1. The lowest BCUT2D eigenvalue weighted by molar-refractivity contribution is 0.0682. The molecule has 1 heterocycles. The SMILES string of the molecule is Cc1cccc(NC(=O)c2ccc(C(=O)N3CCCC(C)C3)cc2)c1C. The molecule has 0 aliphatic carbocycles. The molecule has 26 heavy (non-hydrogen) atoms. The average Bonchev–Trinajstić information content (AvgIpc) is 2.65. The van der Waals surface area contributed by atoms with Gasteiger partial charge in [0.1, 0.15) is 0 Å². The topological polar surface area (TPSA) is 49.4 Å². The van der Waals surface area contributed by atoms with E-state index in [0.29, 0.717) is 17.0 Å². The highest BCUT2D eigenvalue weighted by Gasteiger charge is 2.22. The summed E-state index contributed by atoms with van der Waals surface area (Å²) in [7, 11) is 0. The minimum absolute atomic E-state index is 0.0537. The van der Waals surface area contributed by atoms with E-state index in [-0.39, 0.29) is 11.8 Å². The second kappa shape index (κ2) is 7.73. The normalized spacial score (nSPS) is 17.0. The summed E-state index contributed by atoms with van der Waals surface area (Å²) in [4.78, 5) is 27.0. The van der Waals surface area contributed by atoms with Crippen LogP contribution in [0.25, 0.3) is 0 Å². The van der Waals surface area contributed by atoms with Crippen LogP contribution in [0, 0.1) is 19.8 Å². The summed E-state index contributed by atoms with van der Waals surface area (Å²) >= 11 is 0. The maximum Gasteiger partial charge on any atom is 0.255 e. The molecule has 2 aromatic carbocycles. The summed E-state index contributed by atoms with van der Waals surface area (Å²) in [5.74, 6) is 0.442. The van der Waals surface area contributed by atoms with Crippen molar-refractivity contribution in [2.75, 3.05) is 18.4 Å². The molecule has 1 unspecified atom stereocenters. The number of benzene rings is 2. The maximum absolute atomic E-state index is 12.6. The molecule has 3 rings (SSSR count). The van der Waals surface area contributed by atoms with Gasteiger partial charge in [0.2, 0.25) is 0 Å². The number of hydrogen-bond donors (Lipinski definition) is 1. The molecule has 4 nitrogen and oxygen atoms in total. The van der Waals surface area contributed by atoms with Crippen LogP contribution in [0.5, 0.6) is 0 Å². The first-order chi connectivity index (χ1) is 12.5. The third-order valence-corrected chi connectivity index (χ3v) is 5.19. The molecule has 1 atom stereocenters. The van der Waals surface area contributed by atoms with Crippen LogP contribution >= 0.6 is 0 Å². The predicted octanol–water partition coefficient (Wildman–Crippen LogP) is 4.43. The van der Waals surface area contributed by atoms with Crippen LogP contribution in [0.4, 0.5) is 5.69 Å². The average molecular weight is 350 g/mol. The van der Waals surface area contributed by atoms with Crippen LogP contribution in [-0.4, -0.2) is 29.8 Å². The Kier molecular flexibility index (Phi) is 5.40. The number of amides is 2. The van der Waals surface area contributed by atoms with Gasteiger partial charge < -0.3 is 10.2 Å². The Morgan fingerprint density at radius 2 is 1.73 bits per heavy atom. The number of rotatable bonds is 3. The molecule has 0 radical (unpaired) electrons. The van der Waals surface area contributed by atoms with E-state index in [4.69, 9.17) is 0 Å². The number of anilines is 1. The zero-order valence-corrected chi connectivity index (χ0v) is 15.7. The summed E-state index contributed by atoms with van der Waals surface area (Å²) in [6, 6.07) is 12.8. The highest BCUT2D eigenvalue weighted by Crippen LogP contribution is 2.20. The van der Waals surface area contributed by atoms with Gasteiger partial charge in [-0.05, 0) is 74.1 Å². The van der Waals surface area contributed by atoms with Crippen molar-refractivity contribution >= 4 is 17.5 Å². The van der Waals surface area contributed by atoms with Gasteiger partial charge in [-0.2, -0.15) is 0 Å². The van der Waals surface area contributed by atoms with Gasteiger partial charge in [0.15, 0.2) is 0 Å². The van der Waals surface area contributed by atoms with Crippen molar-refractivity contribution in [2.24, 2.45) is 5.92 Å². The Bertz CT molecular complexity index is 811. The second-order valence-electron chi connectivity index (χ2n) is 7.28. The van der Waals surface area contributed by atoms with Gasteiger partial charge in [0, 0.05) is 29.9 Å². The van der Waals surface area contributed by atoms with E-state index in [1.807, 2.05) is 36.9 Å². The van der Waals surface area contributed by atoms with E-state index < -0.39 is 0 Å². The lowest BCUT2D eigenvalue weighted by Crippen LogP contribution is -2.39. The summed E-state index contributed by atoms with van der Waals surface area (Å²) < 4.78 is 0. The predicted molar refractivity (Wildman–Crippen MR) is 105 cm³/mol. The van der Waals surface area contributed by atoms with E-state index in [1.165, 1.54) is 6.42 Å². The molecule has 2 amide bonds. The van der Waals surface area contributed by atoms with Crippen LogP contribution in [0.15, 0.2) is 42.5 Å². The molecule has 1 saturated heterocycles. The first kappa shape index (κ1) is 18.2. The highest BCUT2D eigenvalue weighted by molar-refractivity contribution is 6.05. The van der Waals surface area contributed by atoms with E-state index in [1.54, 1.807) is 24.3 Å². The largest absolute Gasteiger partial charge is 0.338 e. The van der Waals surface area contributed by atoms with E-state index in [0.717, 1.165) is 36.3 Å². The Labute approximate surface area is 155 Å². The minimum Gasteiger partial charge on any atom is -0.338 e. The molecule has 4 heteroatoms. The summed E-state index contributed by atoms with van der Waals surface area (Å²) in [5, 5.41) is 2.95. The molecule has 0 aromatic heterocycles. The molecular weight excluding hydrogens is 324 g/mol. The number of aryl methyl sites for hydroxylation is 1. The van der Waals surface area contributed by atoms with Crippen molar-refractivity contribution in [3.8, 4) is 0 Å². The van der Waals surface area contributed by atoms with Crippen molar-refractivity contribution in [1.82, 2.24) is 4.90 Å². The zero-order valence-electron chi connectivity index (χ0n) is 15.7. The molecular formula is C22H26N2O2. The van der Waals surface area contributed by atoms with Gasteiger partial charge >= 0.3 is 0 Å². The van der Waals surface area contributed by atoms with Crippen LogP contribution in [0.2, 0.25) is 0 Å². The quantitative estimate of drug-likeness (QED) is 0.890. The first-order valence-corrected chi connectivity index (χ1v) is 9.22. The van der Waals surface area contributed by atoms with Crippen LogP contribution in [0.1, 0.15) is 51.6 Å². The third-order valence-electron chi connectivity index (χ3n) is 5.19. The van der Waals surface area contributed by atoms with Crippen molar-refractivity contribution in [3.05, 3.63) is 64.7 Å². The number of carbonyl (C=O) groups excluding carboxylic acids is 2. The first-order valence-electron chi connectivity index (χ1n) is 9.22. The molecule has 2 aromatic rings. The number of nitrogens with one attached hydrogen (secondary N) is 1. The van der Waals surface area contributed by atoms with Gasteiger partial charge in [-0.1, -0.05) is 19.1 Å². The van der Waals surface area contributed by atoms with Crippen LogP contribution in [0.3, 0.4) is 0 Å². The molecule has 136 valence electrons. The molecule has 0 saturated carbocycles. The van der Waals surface area contributed by atoms with Gasteiger partial charge in [0.05, 0.1) is 0 Å². The Hall–Kier alpha value is -2.62. The lowest BCUT2D eigenvalue weighted by Gasteiger charge is -2.31. The maximum atomic E-state index is 12.6. The smallest absolute Gasteiger partial charge is 0.255 e. The molecule has 1 aliphatic rings. The van der Waals surface area contributed by atoms with Crippen molar-refractivity contribution < 1.29 is 9.59 Å². The fraction of sp³-hybridized carbons (Fsp3) is 0.364. The van der Waals surface area contributed by atoms with Crippen molar-refractivity contribution in [3.63, 3.8) is 0 Å². The van der Waals surface area contributed by atoms with Crippen molar-refractivity contribution in [2.45, 2.75) is 33.6 Å². The molecule has 1 N–H and O–H groups in total. The summed E-state index contributed by atoms with van der Waals surface area (Å²) in [6.45, 7) is 7.82. The number of likely N-dealkylation sites (tertiary alicyclic amines) is 1. The fourth-order valence-corrected chi connectivity index (χ4v) is 3.40. The van der Waals surface area contributed by atoms with Crippen LogP contribution < -0.4 is 5.32 Å². The van der Waals surface area contributed by atoms with Gasteiger partial charge in [-0.25, -0.2) is 0 Å². The Morgan fingerprint density at radius 3 is 2.42 bits per heavy atom. The lowest BCUT2D eigenvalue weighted by atomic mass is 9.99. The Balaban J connectivity index is 1.69. The van der Waals surface area contributed by atoms with E-state index >= 15 is 0 Å². The van der Waals surface area contributed by atoms with Gasteiger partial charge in [-0.3, -0.25) is 9.59 Å². The molecule has 0 bridgehead atoms. The standard InChI is InChI=1S/C22H26N2O2/c1-15-6-5-13-24(14-15)22(26)19-11-9-18(10-12-19)21(25)23-20-8-4-7-16(2)17(20)3/h4,7-12,15H,5-6,13-14H2,1-3H3,(H,23,25). The summed E-state index contributed by atoms with van der Waals surface area (Å²) in [6.07, 6.45) is 2.24. The van der Waals surface area contributed by atoms with Crippen LogP contribution in [-0.2, 0) is 0 Å². The number of carbonyl (C=O) groups is 2. The fourth-order valence-electron chi connectivity index (χ4n) is 3.40. The Morgan fingerprint density at radius 1 is 1.04 bits per heavy atom. The van der Waals surface area contributed by atoms with E-state index in [9.17, 15) is 9.59 Å². The van der Waals surface area contributed by atoms with Gasteiger partial charge in [0.25, 0.3) is 11.8 Å². The zero-order chi connectivity index (χ0) is 18.7. The summed E-state index contributed by atoms with van der Waals surface area (Å²) in [5.41, 5.74) is 4.21. The number of hydrogen-bond acceptors (Lipinski definition) is 2. The molecule has 0 spiro atoms. The van der Waals surface area contributed by atoms with E-state index in [2.05, 4.69) is 12.2 Å². The molecule has 1 fully saturated rings. The monoisotopic (exact) mass is 350 g/mol. The van der Waals surface area contributed by atoms with Gasteiger partial charge in [-0.15, -0.1) is 0 Å². The molecule has 1 aliphatic heterocycles. The highest BCUT2D eigenvalue weighted by atomic mass is 16.2. The van der Waals surface area contributed by atoms with Crippen molar-refractivity contribution in [1.29, 1.82) is 0 Å². The second-order valence-corrected chi connectivity index (χ2v) is 7.28. The number of piperidine rings is 1. The third kappa shape index (κ3) is 3.96.